The smallest absolute Gasteiger partial charge is 0.273 e. The van der Waals surface area contributed by atoms with E-state index in [0.29, 0.717) is 34.3 Å². The predicted molar refractivity (Wildman–Crippen MR) is 116 cm³/mol. The Morgan fingerprint density at radius 3 is 2.57 bits per heavy atom. The fourth-order valence-corrected chi connectivity index (χ4v) is 2.86. The summed E-state index contributed by atoms with van der Waals surface area (Å²) in [7, 11) is 1.54. The van der Waals surface area contributed by atoms with Crippen molar-refractivity contribution in [3.05, 3.63) is 94.5 Å². The summed E-state index contributed by atoms with van der Waals surface area (Å²) in [6.07, 6.45) is 0.161. The summed E-state index contributed by atoms with van der Waals surface area (Å²) in [6.45, 7) is 0.302. The molecule has 0 aliphatic heterocycles. The van der Waals surface area contributed by atoms with Crippen LogP contribution in [0.3, 0.4) is 0 Å². The third-order valence-electron chi connectivity index (χ3n) is 4.28. The first-order valence-corrected chi connectivity index (χ1v) is 9.56. The van der Waals surface area contributed by atoms with Crippen molar-refractivity contribution in [2.24, 2.45) is 5.10 Å². The van der Waals surface area contributed by atoms with E-state index in [4.69, 9.17) is 21.1 Å². The maximum Gasteiger partial charge on any atom is 0.273 e. The van der Waals surface area contributed by atoms with E-state index in [1.165, 1.54) is 13.3 Å². The number of nitrogens with one attached hydrogen (secondary N) is 1. The summed E-state index contributed by atoms with van der Waals surface area (Å²) >= 11 is 6.15. The Labute approximate surface area is 179 Å². The zero-order valence-corrected chi connectivity index (χ0v) is 17.0. The van der Waals surface area contributed by atoms with Crippen molar-refractivity contribution in [3.63, 3.8) is 0 Å². The van der Waals surface area contributed by atoms with Gasteiger partial charge in [0.05, 0.1) is 13.3 Å². The minimum Gasteiger partial charge on any atom is -0.493 e. The van der Waals surface area contributed by atoms with Crippen molar-refractivity contribution >= 4 is 23.7 Å². The molecule has 3 aromatic carbocycles. The number of aliphatic hydroxyl groups is 1. The number of aliphatic hydroxyl groups excluding tert-OH is 1. The van der Waals surface area contributed by atoms with Gasteiger partial charge < -0.3 is 14.6 Å². The van der Waals surface area contributed by atoms with Crippen molar-refractivity contribution in [2.75, 3.05) is 7.11 Å². The summed E-state index contributed by atoms with van der Waals surface area (Å²) in [5.74, 6) is 0.448. The number of carbonyl (C=O) groups excluding carboxylic acids is 1. The Balaban J connectivity index is 1.61. The molecule has 0 saturated heterocycles. The second-order valence-electron chi connectivity index (χ2n) is 6.34. The zero-order valence-electron chi connectivity index (χ0n) is 16.3. The normalized spacial score (nSPS) is 11.8. The van der Waals surface area contributed by atoms with Gasteiger partial charge in [-0.1, -0.05) is 60.1 Å². The number of nitrogens with zero attached hydrogens (tertiary/aromatic N) is 1. The zero-order chi connectivity index (χ0) is 21.3. The topological polar surface area (TPSA) is 80.2 Å². The van der Waals surface area contributed by atoms with Crippen LogP contribution < -0.4 is 14.9 Å². The molecule has 0 heterocycles. The Hall–Kier alpha value is -3.35. The average Bonchev–Trinajstić information content (AvgIpc) is 2.79. The molecule has 0 aliphatic rings. The van der Waals surface area contributed by atoms with Gasteiger partial charge in [-0.2, -0.15) is 5.10 Å². The maximum atomic E-state index is 12.0. The maximum absolute atomic E-state index is 12.0. The fraction of sp³-hybridized carbons (Fsp3) is 0.130. The Kier molecular flexibility index (Phi) is 7.43. The molecule has 0 aromatic heterocycles. The van der Waals surface area contributed by atoms with E-state index in [1.54, 1.807) is 48.5 Å². The van der Waals surface area contributed by atoms with Crippen LogP contribution in [-0.2, 0) is 11.4 Å². The van der Waals surface area contributed by atoms with Crippen molar-refractivity contribution < 1.29 is 19.4 Å². The molecule has 1 amide bonds. The number of hydrogen-bond donors (Lipinski definition) is 2. The van der Waals surface area contributed by atoms with E-state index >= 15 is 0 Å². The number of hydrazone groups is 1. The molecular weight excluding hydrogens is 404 g/mol. The van der Waals surface area contributed by atoms with Gasteiger partial charge in [-0.15, -0.1) is 0 Å². The number of carbonyl (C=O) groups is 1. The van der Waals surface area contributed by atoms with Crippen molar-refractivity contribution in [1.29, 1.82) is 0 Å². The quantitative estimate of drug-likeness (QED) is 0.421. The second kappa shape index (κ2) is 10.4. The van der Waals surface area contributed by atoms with Gasteiger partial charge in [-0.3, -0.25) is 4.79 Å². The van der Waals surface area contributed by atoms with Crippen LogP contribution in [0.2, 0.25) is 5.02 Å². The molecule has 0 unspecified atom stereocenters. The van der Waals surface area contributed by atoms with Crippen molar-refractivity contribution in [1.82, 2.24) is 5.43 Å². The number of amides is 1. The minimum absolute atomic E-state index is 0.302. The van der Waals surface area contributed by atoms with Gasteiger partial charge in [-0.05, 0) is 35.4 Å². The van der Waals surface area contributed by atoms with Crippen molar-refractivity contribution in [3.8, 4) is 11.5 Å². The molecule has 3 aromatic rings. The lowest BCUT2D eigenvalue weighted by atomic mass is 10.1. The second-order valence-corrected chi connectivity index (χ2v) is 6.75. The predicted octanol–water partition coefficient (Wildman–Crippen LogP) is 4.11. The molecular formula is C23H21ClN2O4. The molecule has 0 bridgehead atoms. The van der Waals surface area contributed by atoms with E-state index in [1.807, 2.05) is 24.3 Å². The van der Waals surface area contributed by atoms with Gasteiger partial charge in [0.2, 0.25) is 0 Å². The van der Waals surface area contributed by atoms with Gasteiger partial charge >= 0.3 is 0 Å². The fourth-order valence-electron chi connectivity index (χ4n) is 2.67. The molecule has 0 aliphatic carbocycles. The number of hydrogen-bond acceptors (Lipinski definition) is 5. The van der Waals surface area contributed by atoms with E-state index in [-0.39, 0.29) is 0 Å². The number of ether oxygens (including phenoxy) is 2. The molecule has 3 rings (SSSR count). The summed E-state index contributed by atoms with van der Waals surface area (Å²) < 4.78 is 11.2. The molecule has 154 valence electrons. The molecule has 7 heteroatoms. The highest BCUT2D eigenvalue weighted by atomic mass is 35.5. The van der Waals surface area contributed by atoms with Crippen LogP contribution in [0.1, 0.15) is 22.8 Å². The first-order chi connectivity index (χ1) is 14.6. The molecule has 0 radical (unpaired) electrons. The van der Waals surface area contributed by atoms with Crippen LogP contribution in [0.15, 0.2) is 77.9 Å². The first kappa shape index (κ1) is 21.4. The average molecular weight is 425 g/mol. The molecule has 2 N–H and O–H groups in total. The lowest BCUT2D eigenvalue weighted by Crippen LogP contribution is -2.25. The molecule has 0 fully saturated rings. The van der Waals surface area contributed by atoms with Crippen LogP contribution in [0.4, 0.5) is 0 Å². The largest absolute Gasteiger partial charge is 0.493 e. The summed E-state index contributed by atoms with van der Waals surface area (Å²) in [5.41, 5.74) is 4.37. The van der Waals surface area contributed by atoms with Gasteiger partial charge in [0, 0.05) is 10.6 Å². The number of rotatable bonds is 8. The van der Waals surface area contributed by atoms with E-state index in [2.05, 4.69) is 10.5 Å². The number of benzene rings is 3. The van der Waals surface area contributed by atoms with Crippen LogP contribution in [0.25, 0.3) is 0 Å². The highest BCUT2D eigenvalue weighted by molar-refractivity contribution is 6.31. The first-order valence-electron chi connectivity index (χ1n) is 9.18. The third kappa shape index (κ3) is 5.59. The highest BCUT2D eigenvalue weighted by Crippen LogP contribution is 2.29. The lowest BCUT2D eigenvalue weighted by Gasteiger charge is -2.12. The molecule has 1 atom stereocenters. The van der Waals surface area contributed by atoms with E-state index in [9.17, 15) is 9.90 Å². The summed E-state index contributed by atoms with van der Waals surface area (Å²) in [4.78, 5) is 12.0. The SMILES string of the molecule is COc1cc(/C=N\NC(=O)[C@H](O)c2ccccc2)ccc1OCc1ccccc1Cl. The van der Waals surface area contributed by atoms with E-state index < -0.39 is 12.0 Å². The molecule has 0 spiro atoms. The summed E-state index contributed by atoms with van der Waals surface area (Å²) in [5, 5.41) is 14.6. The lowest BCUT2D eigenvalue weighted by molar-refractivity contribution is -0.129. The number of methoxy groups -OCH3 is 1. The molecule has 6 nitrogen and oxygen atoms in total. The van der Waals surface area contributed by atoms with Gasteiger partial charge in [0.25, 0.3) is 5.91 Å². The Morgan fingerprint density at radius 1 is 1.10 bits per heavy atom. The van der Waals surface area contributed by atoms with Crippen LogP contribution in [0, 0.1) is 0 Å². The minimum atomic E-state index is -1.29. The van der Waals surface area contributed by atoms with Crippen LogP contribution >= 0.6 is 11.6 Å². The molecule has 0 saturated carbocycles. The van der Waals surface area contributed by atoms with Crippen molar-refractivity contribution in [2.45, 2.75) is 12.7 Å². The highest BCUT2D eigenvalue weighted by Gasteiger charge is 2.16. The Morgan fingerprint density at radius 2 is 1.83 bits per heavy atom. The van der Waals surface area contributed by atoms with E-state index in [0.717, 1.165) is 5.56 Å². The van der Waals surface area contributed by atoms with Crippen LogP contribution in [-0.4, -0.2) is 24.3 Å². The number of halogens is 1. The van der Waals surface area contributed by atoms with Gasteiger partial charge in [0.1, 0.15) is 6.61 Å². The van der Waals surface area contributed by atoms with Gasteiger partial charge in [-0.25, -0.2) is 5.43 Å². The monoisotopic (exact) mass is 424 g/mol. The van der Waals surface area contributed by atoms with Crippen LogP contribution in [0.5, 0.6) is 11.5 Å². The standard InChI is InChI=1S/C23H21ClN2O4/c1-29-21-13-16(11-12-20(21)30-15-18-9-5-6-10-19(18)24)14-25-26-23(28)22(27)17-7-3-2-4-8-17/h2-14,22,27H,15H2,1H3,(H,26,28)/b25-14-/t22-/m1/s1. The Bertz CT molecular complexity index is 1020. The summed E-state index contributed by atoms with van der Waals surface area (Å²) in [6, 6.07) is 21.3. The van der Waals surface area contributed by atoms with Gasteiger partial charge in [0.15, 0.2) is 17.6 Å². The molecule has 30 heavy (non-hydrogen) atoms. The third-order valence-corrected chi connectivity index (χ3v) is 4.65.